The van der Waals surface area contributed by atoms with Crippen LogP contribution in [0, 0.1) is 0 Å². The molecule has 30 heavy (non-hydrogen) atoms. The minimum absolute atomic E-state index is 0. The zero-order valence-electron chi connectivity index (χ0n) is 15.8. The van der Waals surface area contributed by atoms with Gasteiger partial charge in [-0.25, -0.2) is 13.8 Å². The predicted octanol–water partition coefficient (Wildman–Crippen LogP) is 1.81. The van der Waals surface area contributed by atoms with Crippen molar-refractivity contribution >= 4 is 42.5 Å². The van der Waals surface area contributed by atoms with E-state index >= 15 is 0 Å². The number of primary amides is 1. The third-order valence-corrected chi connectivity index (χ3v) is 4.68. The number of aliphatic hydroxyl groups excluding tert-OH is 1. The van der Waals surface area contributed by atoms with E-state index in [-0.39, 0.29) is 50.3 Å². The van der Waals surface area contributed by atoms with Crippen molar-refractivity contribution < 1.29 is 23.4 Å². The van der Waals surface area contributed by atoms with Gasteiger partial charge in [0.1, 0.15) is 24.3 Å². The van der Waals surface area contributed by atoms with Gasteiger partial charge in [-0.2, -0.15) is 18.5 Å². The monoisotopic (exact) mass is 440 g/mol. The standard InChI is InChI=1S/C18H20F2N6O3.H2S/c19-18(20)4-10(5-18)24-16-12(15(21)28)7-23-17(26-16)25-9-1-2-14-13(3-9)22-6-11(27)8-29-14;/h1-3,7,10-11,22,27H,4-6,8H2,(H2,21,28)(H2,23,24,25,26);1H2/t11-;/m0./s1. The van der Waals surface area contributed by atoms with Crippen molar-refractivity contribution in [2.24, 2.45) is 5.73 Å². The SMILES string of the molecule is NC(=O)c1cnc(Nc2ccc3c(c2)NC[C@H](O)CO3)nc1NC1CC(F)(F)C1.S. The summed E-state index contributed by atoms with van der Waals surface area (Å²) in [6.07, 6.45) is -0.0329. The molecule has 4 rings (SSSR count). The lowest BCUT2D eigenvalue weighted by molar-refractivity contribution is -0.0794. The summed E-state index contributed by atoms with van der Waals surface area (Å²) >= 11 is 0. The fraction of sp³-hybridized carbons (Fsp3) is 0.389. The Morgan fingerprint density at radius 1 is 1.37 bits per heavy atom. The molecule has 2 heterocycles. The van der Waals surface area contributed by atoms with Gasteiger partial charge in [0.2, 0.25) is 5.95 Å². The van der Waals surface area contributed by atoms with Crippen LogP contribution in [0.1, 0.15) is 23.2 Å². The van der Waals surface area contributed by atoms with Crippen molar-refractivity contribution in [3.8, 4) is 5.75 Å². The summed E-state index contributed by atoms with van der Waals surface area (Å²) in [4.78, 5) is 19.9. The molecule has 1 amide bonds. The minimum Gasteiger partial charge on any atom is -0.489 e. The summed E-state index contributed by atoms with van der Waals surface area (Å²) in [6, 6.07) is 4.74. The molecule has 1 aromatic heterocycles. The first-order valence-corrected chi connectivity index (χ1v) is 9.06. The van der Waals surface area contributed by atoms with Gasteiger partial charge in [-0.1, -0.05) is 0 Å². The number of ether oxygens (including phenoxy) is 1. The lowest BCUT2D eigenvalue weighted by atomic mass is 9.88. The number of benzene rings is 1. The van der Waals surface area contributed by atoms with Crippen LogP contribution in [-0.4, -0.2) is 52.2 Å². The lowest BCUT2D eigenvalue weighted by Crippen LogP contribution is -2.44. The summed E-state index contributed by atoms with van der Waals surface area (Å²) in [6.45, 7) is 0.542. The van der Waals surface area contributed by atoms with Crippen molar-refractivity contribution in [1.29, 1.82) is 0 Å². The van der Waals surface area contributed by atoms with Crippen molar-refractivity contribution in [3.05, 3.63) is 30.0 Å². The maximum absolute atomic E-state index is 13.1. The van der Waals surface area contributed by atoms with E-state index in [0.29, 0.717) is 23.7 Å². The molecule has 1 saturated carbocycles. The maximum atomic E-state index is 13.1. The number of alkyl halides is 2. The van der Waals surface area contributed by atoms with Gasteiger partial charge in [0.05, 0.1) is 11.3 Å². The number of aliphatic hydroxyl groups is 1. The van der Waals surface area contributed by atoms with Crippen LogP contribution in [0.25, 0.3) is 0 Å². The molecule has 1 atom stereocenters. The molecule has 1 fully saturated rings. The van der Waals surface area contributed by atoms with Gasteiger partial charge in [0, 0.05) is 37.3 Å². The average molecular weight is 440 g/mol. The Morgan fingerprint density at radius 2 is 2.13 bits per heavy atom. The predicted molar refractivity (Wildman–Crippen MR) is 112 cm³/mol. The molecule has 9 nitrogen and oxygen atoms in total. The Labute approximate surface area is 177 Å². The third kappa shape index (κ3) is 4.82. The van der Waals surface area contributed by atoms with E-state index in [9.17, 15) is 18.7 Å². The highest BCUT2D eigenvalue weighted by molar-refractivity contribution is 7.59. The first kappa shape index (κ1) is 21.8. The van der Waals surface area contributed by atoms with Crippen LogP contribution < -0.4 is 26.4 Å². The summed E-state index contributed by atoms with van der Waals surface area (Å²) < 4.78 is 31.7. The van der Waals surface area contributed by atoms with Crippen LogP contribution in [0.3, 0.4) is 0 Å². The van der Waals surface area contributed by atoms with Crippen LogP contribution in [0.2, 0.25) is 0 Å². The number of aromatic nitrogens is 2. The van der Waals surface area contributed by atoms with Crippen molar-refractivity contribution in [3.63, 3.8) is 0 Å². The maximum Gasteiger partial charge on any atom is 0.254 e. The lowest BCUT2D eigenvalue weighted by Gasteiger charge is -2.35. The number of hydrogen-bond donors (Lipinski definition) is 5. The quantitative estimate of drug-likeness (QED) is 0.475. The first-order chi connectivity index (χ1) is 13.8. The summed E-state index contributed by atoms with van der Waals surface area (Å²) in [5, 5.41) is 18.6. The molecule has 0 bridgehead atoms. The Hall–Kier alpha value is -2.86. The number of β-amino-alcohol motifs (C(OH)–C–C–N with tert-alkyl or cyclic N) is 1. The van der Waals surface area contributed by atoms with Gasteiger partial charge < -0.3 is 31.5 Å². The zero-order chi connectivity index (χ0) is 20.6. The Kier molecular flexibility index (Phi) is 6.17. The number of nitrogens with zero attached hydrogens (tertiary/aromatic N) is 2. The Morgan fingerprint density at radius 3 is 2.83 bits per heavy atom. The molecule has 2 aliphatic rings. The average Bonchev–Trinajstić information content (AvgIpc) is 2.82. The second-order valence-corrected chi connectivity index (χ2v) is 7.11. The van der Waals surface area contributed by atoms with Gasteiger partial charge in [-0.05, 0) is 18.2 Å². The number of rotatable bonds is 5. The smallest absolute Gasteiger partial charge is 0.254 e. The molecular weight excluding hydrogens is 418 g/mol. The van der Waals surface area contributed by atoms with Crippen LogP contribution in [0.4, 0.5) is 31.9 Å². The second-order valence-electron chi connectivity index (χ2n) is 7.11. The molecule has 12 heteroatoms. The topological polar surface area (TPSA) is 134 Å². The molecule has 0 spiro atoms. The molecule has 162 valence electrons. The van der Waals surface area contributed by atoms with Gasteiger partial charge in [-0.3, -0.25) is 4.79 Å². The molecule has 1 aliphatic heterocycles. The Balaban J connectivity index is 0.00000256. The number of nitrogens with one attached hydrogen (secondary N) is 3. The first-order valence-electron chi connectivity index (χ1n) is 9.06. The number of carbonyl (C=O) groups excluding carboxylic acids is 1. The van der Waals surface area contributed by atoms with Crippen molar-refractivity contribution in [2.75, 3.05) is 29.1 Å². The van der Waals surface area contributed by atoms with E-state index < -0.39 is 24.0 Å². The van der Waals surface area contributed by atoms with Gasteiger partial charge >= 0.3 is 0 Å². The number of carbonyl (C=O) groups is 1. The zero-order valence-corrected chi connectivity index (χ0v) is 16.8. The minimum atomic E-state index is -2.71. The molecule has 1 aromatic carbocycles. The highest BCUT2D eigenvalue weighted by Crippen LogP contribution is 2.39. The highest BCUT2D eigenvalue weighted by atomic mass is 32.1. The number of hydrogen-bond acceptors (Lipinski definition) is 8. The van der Waals surface area contributed by atoms with Gasteiger partial charge in [-0.15, -0.1) is 0 Å². The normalized spacial score (nSPS) is 19.6. The van der Waals surface area contributed by atoms with E-state index in [2.05, 4.69) is 25.9 Å². The van der Waals surface area contributed by atoms with Crippen LogP contribution >= 0.6 is 13.5 Å². The molecule has 2 aromatic rings. The number of anilines is 4. The van der Waals surface area contributed by atoms with E-state index in [1.807, 2.05) is 0 Å². The van der Waals surface area contributed by atoms with E-state index in [0.717, 1.165) is 0 Å². The molecule has 0 saturated heterocycles. The summed E-state index contributed by atoms with van der Waals surface area (Å²) in [5.74, 6) is -2.59. The van der Waals surface area contributed by atoms with E-state index in [4.69, 9.17) is 10.5 Å². The molecule has 0 unspecified atom stereocenters. The summed E-state index contributed by atoms with van der Waals surface area (Å²) in [7, 11) is 0. The fourth-order valence-electron chi connectivity index (χ4n) is 3.16. The Bertz CT molecular complexity index is 940. The second kappa shape index (κ2) is 8.48. The van der Waals surface area contributed by atoms with Gasteiger partial charge in [0.25, 0.3) is 11.8 Å². The van der Waals surface area contributed by atoms with Crippen LogP contribution in [0.5, 0.6) is 5.75 Å². The van der Waals surface area contributed by atoms with Crippen LogP contribution in [0.15, 0.2) is 24.4 Å². The van der Waals surface area contributed by atoms with Gasteiger partial charge in [0.15, 0.2) is 0 Å². The summed E-state index contributed by atoms with van der Waals surface area (Å²) in [5.41, 5.74) is 6.68. The van der Waals surface area contributed by atoms with Crippen LogP contribution in [-0.2, 0) is 0 Å². The number of nitrogens with two attached hydrogens (primary N) is 1. The van der Waals surface area contributed by atoms with E-state index in [1.165, 1.54) is 6.20 Å². The highest BCUT2D eigenvalue weighted by Gasteiger charge is 2.45. The number of fused-ring (bicyclic) bond motifs is 1. The molecule has 1 aliphatic carbocycles. The van der Waals surface area contributed by atoms with E-state index in [1.54, 1.807) is 18.2 Å². The number of halogens is 2. The van der Waals surface area contributed by atoms with Crippen molar-refractivity contribution in [1.82, 2.24) is 9.97 Å². The third-order valence-electron chi connectivity index (χ3n) is 4.68. The molecular formula is C18H22F2N6O3S. The van der Waals surface area contributed by atoms with Crippen molar-refractivity contribution in [2.45, 2.75) is 30.9 Å². The number of amides is 1. The largest absolute Gasteiger partial charge is 0.489 e. The molecule has 6 N–H and O–H groups in total. The fourth-order valence-corrected chi connectivity index (χ4v) is 3.16. The molecule has 0 radical (unpaired) electrons.